The van der Waals surface area contributed by atoms with Crippen molar-refractivity contribution >= 4 is 44.9 Å². The third kappa shape index (κ3) is 3.09. The summed E-state index contributed by atoms with van der Waals surface area (Å²) in [5.41, 5.74) is 1.76. The number of aryl methyl sites for hydroxylation is 2. The van der Waals surface area contributed by atoms with Crippen molar-refractivity contribution in [1.29, 1.82) is 0 Å². The fourth-order valence-corrected chi connectivity index (χ4v) is 4.87. The van der Waals surface area contributed by atoms with Crippen LogP contribution in [0.4, 0.5) is 5.69 Å². The summed E-state index contributed by atoms with van der Waals surface area (Å²) < 4.78 is 1.40. The van der Waals surface area contributed by atoms with Crippen molar-refractivity contribution in [3.8, 4) is 0 Å². The largest absolute Gasteiger partial charge is 0.324 e. The second kappa shape index (κ2) is 6.65. The van der Waals surface area contributed by atoms with Crippen LogP contribution in [0.25, 0.3) is 10.2 Å². The van der Waals surface area contributed by atoms with Gasteiger partial charge >= 0.3 is 0 Å². The number of nitrogens with one attached hydrogen (secondary N) is 1. The van der Waals surface area contributed by atoms with E-state index in [1.165, 1.54) is 15.8 Å². The highest BCUT2D eigenvalue weighted by Crippen LogP contribution is 2.34. The zero-order valence-electron chi connectivity index (χ0n) is 13.7. The van der Waals surface area contributed by atoms with E-state index in [-0.39, 0.29) is 18.0 Å². The van der Waals surface area contributed by atoms with Crippen LogP contribution in [0.2, 0.25) is 0 Å². The SMILES string of the molecule is CSc1cccc(NC(=O)Cn2cnc3sc4c(c3c2=O)CCC4)c1. The van der Waals surface area contributed by atoms with Gasteiger partial charge < -0.3 is 5.32 Å². The number of aromatic nitrogens is 2. The fourth-order valence-electron chi connectivity index (χ4n) is 3.19. The molecule has 0 radical (unpaired) electrons. The van der Waals surface area contributed by atoms with E-state index >= 15 is 0 Å². The Labute approximate surface area is 153 Å². The van der Waals surface area contributed by atoms with E-state index in [0.717, 1.165) is 40.2 Å². The molecular weight excluding hydrogens is 354 g/mol. The molecule has 2 heterocycles. The van der Waals surface area contributed by atoms with Crippen LogP contribution in [-0.4, -0.2) is 21.7 Å². The molecular formula is C18H17N3O2S2. The van der Waals surface area contributed by atoms with Gasteiger partial charge in [-0.25, -0.2) is 4.98 Å². The monoisotopic (exact) mass is 371 g/mol. The normalized spacial score (nSPS) is 13.2. The van der Waals surface area contributed by atoms with Crippen LogP contribution in [0.1, 0.15) is 16.9 Å². The minimum Gasteiger partial charge on any atom is -0.324 e. The summed E-state index contributed by atoms with van der Waals surface area (Å²) >= 11 is 3.22. The third-order valence-corrected chi connectivity index (χ3v) is 6.28. The maximum atomic E-state index is 12.8. The van der Waals surface area contributed by atoms with Gasteiger partial charge in [0.15, 0.2) is 0 Å². The number of hydrogen-bond donors (Lipinski definition) is 1. The van der Waals surface area contributed by atoms with Crippen molar-refractivity contribution in [2.24, 2.45) is 0 Å². The Hall–Kier alpha value is -2.12. The van der Waals surface area contributed by atoms with Gasteiger partial charge in [0.05, 0.1) is 11.7 Å². The molecule has 5 nitrogen and oxygen atoms in total. The number of carbonyl (C=O) groups excluding carboxylic acids is 1. The average Bonchev–Trinajstić information content (AvgIpc) is 3.18. The molecule has 0 saturated carbocycles. The lowest BCUT2D eigenvalue weighted by Crippen LogP contribution is -2.28. The molecule has 0 fully saturated rings. The highest BCUT2D eigenvalue weighted by Gasteiger charge is 2.21. The first-order chi connectivity index (χ1) is 12.2. The zero-order valence-corrected chi connectivity index (χ0v) is 15.4. The van der Waals surface area contributed by atoms with Gasteiger partial charge in [-0.3, -0.25) is 14.2 Å². The summed E-state index contributed by atoms with van der Waals surface area (Å²) in [5.74, 6) is -0.228. The van der Waals surface area contributed by atoms with Crippen LogP contribution >= 0.6 is 23.1 Å². The van der Waals surface area contributed by atoms with Crippen LogP contribution in [0.5, 0.6) is 0 Å². The lowest BCUT2D eigenvalue weighted by molar-refractivity contribution is -0.116. The number of nitrogens with zero attached hydrogens (tertiary/aromatic N) is 2. The van der Waals surface area contributed by atoms with Crippen molar-refractivity contribution in [3.05, 3.63) is 51.4 Å². The number of amides is 1. The smallest absolute Gasteiger partial charge is 0.262 e. The van der Waals surface area contributed by atoms with Gasteiger partial charge in [0.1, 0.15) is 11.4 Å². The number of benzene rings is 1. The van der Waals surface area contributed by atoms with Gasteiger partial charge in [0.25, 0.3) is 5.56 Å². The standard InChI is InChI=1S/C18H17N3O2S2/c1-24-12-5-2-4-11(8-12)20-15(22)9-21-10-19-17-16(18(21)23)13-6-3-7-14(13)25-17/h2,4-5,8,10H,3,6-7,9H2,1H3,(H,20,22). The van der Waals surface area contributed by atoms with Gasteiger partial charge in [0.2, 0.25) is 5.91 Å². The van der Waals surface area contributed by atoms with Crippen LogP contribution < -0.4 is 10.9 Å². The highest BCUT2D eigenvalue weighted by molar-refractivity contribution is 7.98. The first-order valence-corrected chi connectivity index (χ1v) is 10.1. The number of thioether (sulfide) groups is 1. The lowest BCUT2D eigenvalue weighted by Gasteiger charge is -2.08. The van der Waals surface area contributed by atoms with E-state index in [1.54, 1.807) is 23.1 Å². The topological polar surface area (TPSA) is 64.0 Å². The Balaban J connectivity index is 1.59. The quantitative estimate of drug-likeness (QED) is 0.715. The van der Waals surface area contributed by atoms with Crippen molar-refractivity contribution in [2.75, 3.05) is 11.6 Å². The molecule has 25 heavy (non-hydrogen) atoms. The molecule has 1 N–H and O–H groups in total. The van der Waals surface area contributed by atoms with Gasteiger partial charge in [-0.05, 0) is 49.3 Å². The maximum absolute atomic E-state index is 12.8. The molecule has 0 saturated heterocycles. The summed E-state index contributed by atoms with van der Waals surface area (Å²) in [4.78, 5) is 32.7. The molecule has 0 aliphatic heterocycles. The number of rotatable bonds is 4. The highest BCUT2D eigenvalue weighted by atomic mass is 32.2. The minimum absolute atomic E-state index is 0.0319. The molecule has 3 aromatic rings. The Morgan fingerprint density at radius 3 is 3.12 bits per heavy atom. The van der Waals surface area contributed by atoms with Gasteiger partial charge in [-0.15, -0.1) is 23.1 Å². The number of fused-ring (bicyclic) bond motifs is 3. The average molecular weight is 371 g/mol. The van der Waals surface area contributed by atoms with E-state index in [9.17, 15) is 9.59 Å². The lowest BCUT2D eigenvalue weighted by atomic mass is 10.2. The first-order valence-electron chi connectivity index (χ1n) is 8.09. The number of hydrogen-bond acceptors (Lipinski definition) is 5. The van der Waals surface area contributed by atoms with Crippen molar-refractivity contribution in [3.63, 3.8) is 0 Å². The van der Waals surface area contributed by atoms with Crippen molar-refractivity contribution < 1.29 is 4.79 Å². The molecule has 7 heteroatoms. The van der Waals surface area contributed by atoms with Crippen molar-refractivity contribution in [2.45, 2.75) is 30.7 Å². The number of anilines is 1. The first kappa shape index (κ1) is 16.4. The summed E-state index contributed by atoms with van der Waals surface area (Å²) in [6, 6.07) is 7.64. The summed E-state index contributed by atoms with van der Waals surface area (Å²) in [7, 11) is 0. The molecule has 4 rings (SSSR count). The molecule has 0 bridgehead atoms. The van der Waals surface area contributed by atoms with Crippen LogP contribution in [0.15, 0.2) is 40.3 Å². The molecule has 128 valence electrons. The summed E-state index contributed by atoms with van der Waals surface area (Å²) in [6.45, 7) is -0.0319. The minimum atomic E-state index is -0.228. The van der Waals surface area contributed by atoms with E-state index in [2.05, 4.69) is 10.3 Å². The molecule has 1 aromatic carbocycles. The van der Waals surface area contributed by atoms with Gasteiger partial charge in [0, 0.05) is 15.5 Å². The molecule has 1 aliphatic carbocycles. The fraction of sp³-hybridized carbons (Fsp3) is 0.278. The molecule has 0 atom stereocenters. The van der Waals surface area contributed by atoms with Crippen LogP contribution in [-0.2, 0) is 24.2 Å². The molecule has 0 spiro atoms. The summed E-state index contributed by atoms with van der Waals surface area (Å²) in [5, 5.41) is 3.56. The number of carbonyl (C=O) groups is 1. The maximum Gasteiger partial charge on any atom is 0.262 e. The van der Waals surface area contributed by atoms with Gasteiger partial charge in [-0.1, -0.05) is 6.07 Å². The van der Waals surface area contributed by atoms with Crippen LogP contribution in [0, 0.1) is 0 Å². The van der Waals surface area contributed by atoms with Gasteiger partial charge in [-0.2, -0.15) is 0 Å². The molecule has 2 aromatic heterocycles. The molecule has 1 aliphatic rings. The Morgan fingerprint density at radius 1 is 1.40 bits per heavy atom. The van der Waals surface area contributed by atoms with Crippen LogP contribution in [0.3, 0.4) is 0 Å². The summed E-state index contributed by atoms with van der Waals surface area (Å²) in [6.07, 6.45) is 6.53. The Morgan fingerprint density at radius 2 is 2.28 bits per heavy atom. The van der Waals surface area contributed by atoms with E-state index in [1.807, 2.05) is 30.5 Å². The zero-order chi connectivity index (χ0) is 17.4. The second-order valence-corrected chi connectivity index (χ2v) is 7.96. The predicted molar refractivity (Wildman–Crippen MR) is 103 cm³/mol. The van der Waals surface area contributed by atoms with Crippen molar-refractivity contribution in [1.82, 2.24) is 9.55 Å². The molecule has 1 amide bonds. The Bertz CT molecular complexity index is 1020. The third-order valence-electron chi connectivity index (χ3n) is 4.36. The predicted octanol–water partition coefficient (Wildman–Crippen LogP) is 3.31. The molecule has 0 unspecified atom stereocenters. The van der Waals surface area contributed by atoms with E-state index in [4.69, 9.17) is 0 Å². The second-order valence-electron chi connectivity index (χ2n) is 6.00. The van der Waals surface area contributed by atoms with E-state index < -0.39 is 0 Å². The number of thiophene rings is 1. The van der Waals surface area contributed by atoms with E-state index in [0.29, 0.717) is 5.39 Å². The Kier molecular flexibility index (Phi) is 4.35.